The molecule has 0 aliphatic heterocycles. The second kappa shape index (κ2) is 6.96. The number of para-hydroxylation sites is 1. The third-order valence-electron chi connectivity index (χ3n) is 2.77. The Kier molecular flexibility index (Phi) is 5.58. The van der Waals surface area contributed by atoms with Crippen molar-refractivity contribution in [2.45, 2.75) is 19.4 Å². The lowest BCUT2D eigenvalue weighted by Crippen LogP contribution is -2.39. The van der Waals surface area contributed by atoms with Gasteiger partial charge in [0.25, 0.3) is 0 Å². The van der Waals surface area contributed by atoms with E-state index in [1.54, 1.807) is 30.1 Å². The van der Waals surface area contributed by atoms with Gasteiger partial charge in [-0.1, -0.05) is 19.1 Å². The third-order valence-corrected chi connectivity index (χ3v) is 2.77. The van der Waals surface area contributed by atoms with Crippen molar-refractivity contribution < 1.29 is 14.3 Å². The number of nitrogens with one attached hydrogen (secondary N) is 1. The van der Waals surface area contributed by atoms with Crippen LogP contribution in [0.5, 0.6) is 0 Å². The molecule has 0 heterocycles. The first-order valence-corrected chi connectivity index (χ1v) is 5.98. The van der Waals surface area contributed by atoms with Crippen molar-refractivity contribution in [1.29, 1.82) is 0 Å². The summed E-state index contributed by atoms with van der Waals surface area (Å²) in [6.07, 6.45) is 0.425. The molecule has 100 valence electrons. The highest BCUT2D eigenvalue weighted by molar-refractivity contribution is 5.73. The number of rotatable bonds is 7. The molecule has 18 heavy (non-hydrogen) atoms. The summed E-state index contributed by atoms with van der Waals surface area (Å²) in [5.74, 6) is -1.17. The van der Waals surface area contributed by atoms with Gasteiger partial charge in [-0.2, -0.15) is 0 Å². The van der Waals surface area contributed by atoms with Gasteiger partial charge < -0.3 is 15.3 Å². The fourth-order valence-electron chi connectivity index (χ4n) is 1.76. The molecule has 0 saturated carbocycles. The van der Waals surface area contributed by atoms with Crippen molar-refractivity contribution in [1.82, 2.24) is 5.32 Å². The van der Waals surface area contributed by atoms with E-state index in [0.717, 1.165) is 0 Å². The second-order valence-corrected chi connectivity index (χ2v) is 4.11. The minimum absolute atomic E-state index is 0.296. The Morgan fingerprint density at radius 1 is 1.50 bits per heavy atom. The highest BCUT2D eigenvalue weighted by Gasteiger charge is 2.17. The fourth-order valence-corrected chi connectivity index (χ4v) is 1.76. The maximum atomic E-state index is 13.5. The molecule has 0 radical (unpaired) electrons. The highest BCUT2D eigenvalue weighted by Crippen LogP contribution is 2.17. The molecular weight excluding hydrogens is 235 g/mol. The second-order valence-electron chi connectivity index (χ2n) is 4.11. The summed E-state index contributed by atoms with van der Waals surface area (Å²) in [4.78, 5) is 12.7. The maximum Gasteiger partial charge on any atom is 0.320 e. The van der Waals surface area contributed by atoms with Crippen LogP contribution in [0, 0.1) is 5.82 Å². The fraction of sp³-hybridized carbons (Fsp3) is 0.462. The number of benzene rings is 1. The standard InChI is InChI=1S/C13H19FN2O2/c1-3-15-11(13(17)18)8-9-16(2)12-7-5-4-6-10(12)14/h4-7,11,15H,3,8-9H2,1-2H3,(H,17,18). The van der Waals surface area contributed by atoms with Gasteiger partial charge in [0, 0.05) is 13.6 Å². The highest BCUT2D eigenvalue weighted by atomic mass is 19.1. The predicted octanol–water partition coefficient (Wildman–Crippen LogP) is 1.71. The van der Waals surface area contributed by atoms with Crippen LogP contribution in [0.3, 0.4) is 0 Å². The van der Waals surface area contributed by atoms with Crippen molar-refractivity contribution in [2.75, 3.05) is 25.0 Å². The summed E-state index contributed by atoms with van der Waals surface area (Å²) in [5, 5.41) is 11.9. The summed E-state index contributed by atoms with van der Waals surface area (Å²) < 4.78 is 13.5. The van der Waals surface area contributed by atoms with Gasteiger partial charge in [-0.05, 0) is 25.1 Å². The van der Waals surface area contributed by atoms with Crippen molar-refractivity contribution >= 4 is 11.7 Å². The molecule has 5 heteroatoms. The SMILES string of the molecule is CCNC(CCN(C)c1ccccc1F)C(=O)O. The molecule has 0 saturated heterocycles. The van der Waals surface area contributed by atoms with Crippen LogP contribution in [0.15, 0.2) is 24.3 Å². The predicted molar refractivity (Wildman–Crippen MR) is 69.4 cm³/mol. The van der Waals surface area contributed by atoms with Crippen LogP contribution in [0.4, 0.5) is 10.1 Å². The molecular formula is C13H19FN2O2. The number of nitrogens with zero attached hydrogens (tertiary/aromatic N) is 1. The zero-order chi connectivity index (χ0) is 13.5. The van der Waals surface area contributed by atoms with E-state index in [-0.39, 0.29) is 5.82 Å². The molecule has 0 bridgehead atoms. The number of anilines is 1. The van der Waals surface area contributed by atoms with E-state index >= 15 is 0 Å². The van der Waals surface area contributed by atoms with E-state index in [0.29, 0.717) is 25.2 Å². The summed E-state index contributed by atoms with van der Waals surface area (Å²) in [6, 6.07) is 5.87. The summed E-state index contributed by atoms with van der Waals surface area (Å²) in [6.45, 7) is 2.93. The van der Waals surface area contributed by atoms with Crippen molar-refractivity contribution in [3.63, 3.8) is 0 Å². The van der Waals surface area contributed by atoms with E-state index in [1.807, 2.05) is 6.92 Å². The molecule has 0 spiro atoms. The van der Waals surface area contributed by atoms with Gasteiger partial charge in [-0.15, -0.1) is 0 Å². The zero-order valence-corrected chi connectivity index (χ0v) is 10.7. The molecule has 1 aromatic rings. The van der Waals surface area contributed by atoms with Crippen LogP contribution in [0.1, 0.15) is 13.3 Å². The van der Waals surface area contributed by atoms with Crippen molar-refractivity contribution in [2.24, 2.45) is 0 Å². The molecule has 1 rings (SSSR count). The summed E-state index contributed by atoms with van der Waals surface area (Å²) in [5.41, 5.74) is 0.484. The van der Waals surface area contributed by atoms with Crippen LogP contribution in [-0.4, -0.2) is 37.3 Å². The number of aliphatic carboxylic acids is 1. The molecule has 0 aliphatic rings. The molecule has 1 aromatic carbocycles. The monoisotopic (exact) mass is 254 g/mol. The van der Waals surface area contributed by atoms with Crippen molar-refractivity contribution in [3.8, 4) is 0 Å². The Bertz CT molecular complexity index is 398. The number of halogens is 1. The Hall–Kier alpha value is -1.62. The minimum Gasteiger partial charge on any atom is -0.480 e. The lowest BCUT2D eigenvalue weighted by Gasteiger charge is -2.22. The maximum absolute atomic E-state index is 13.5. The number of likely N-dealkylation sites (N-methyl/N-ethyl adjacent to an activating group) is 1. The zero-order valence-electron chi connectivity index (χ0n) is 10.7. The van der Waals surface area contributed by atoms with E-state index < -0.39 is 12.0 Å². The molecule has 2 N–H and O–H groups in total. The Labute approximate surface area is 106 Å². The number of hydrogen-bond donors (Lipinski definition) is 2. The average Bonchev–Trinajstić information content (AvgIpc) is 2.34. The van der Waals surface area contributed by atoms with E-state index in [9.17, 15) is 9.18 Å². The number of hydrogen-bond acceptors (Lipinski definition) is 3. The van der Waals surface area contributed by atoms with Crippen LogP contribution < -0.4 is 10.2 Å². The smallest absolute Gasteiger partial charge is 0.320 e. The molecule has 4 nitrogen and oxygen atoms in total. The van der Waals surface area contributed by atoms with Crippen LogP contribution in [0.2, 0.25) is 0 Å². The van der Waals surface area contributed by atoms with E-state index in [4.69, 9.17) is 5.11 Å². The molecule has 1 unspecified atom stereocenters. The molecule has 0 aromatic heterocycles. The molecule has 1 atom stereocenters. The van der Waals surface area contributed by atoms with Crippen LogP contribution in [0.25, 0.3) is 0 Å². The number of carbonyl (C=O) groups is 1. The first-order chi connectivity index (χ1) is 8.56. The summed E-state index contributed by atoms with van der Waals surface area (Å²) in [7, 11) is 1.75. The Morgan fingerprint density at radius 3 is 2.72 bits per heavy atom. The first kappa shape index (κ1) is 14.4. The van der Waals surface area contributed by atoms with E-state index in [2.05, 4.69) is 5.32 Å². The first-order valence-electron chi connectivity index (χ1n) is 5.98. The van der Waals surface area contributed by atoms with E-state index in [1.165, 1.54) is 6.07 Å². The van der Waals surface area contributed by atoms with Gasteiger partial charge in [-0.25, -0.2) is 4.39 Å². The molecule has 0 fully saturated rings. The number of carboxylic acid groups (broad SMARTS) is 1. The topological polar surface area (TPSA) is 52.6 Å². The van der Waals surface area contributed by atoms with Gasteiger partial charge in [0.05, 0.1) is 5.69 Å². The lowest BCUT2D eigenvalue weighted by molar-refractivity contribution is -0.139. The van der Waals surface area contributed by atoms with Gasteiger partial charge >= 0.3 is 5.97 Å². The van der Waals surface area contributed by atoms with Crippen molar-refractivity contribution in [3.05, 3.63) is 30.1 Å². The third kappa shape index (κ3) is 4.00. The quantitative estimate of drug-likeness (QED) is 0.778. The minimum atomic E-state index is -0.876. The molecule has 0 aliphatic carbocycles. The largest absolute Gasteiger partial charge is 0.480 e. The molecule has 0 amide bonds. The lowest BCUT2D eigenvalue weighted by atomic mass is 10.2. The van der Waals surface area contributed by atoms with Gasteiger partial charge in [0.1, 0.15) is 11.9 Å². The van der Waals surface area contributed by atoms with Crippen LogP contribution >= 0.6 is 0 Å². The Morgan fingerprint density at radius 2 is 2.17 bits per heavy atom. The number of carboxylic acids is 1. The van der Waals surface area contributed by atoms with Gasteiger partial charge in [0.15, 0.2) is 0 Å². The van der Waals surface area contributed by atoms with Gasteiger partial charge in [-0.3, -0.25) is 4.79 Å². The summed E-state index contributed by atoms with van der Waals surface area (Å²) >= 11 is 0. The van der Waals surface area contributed by atoms with Gasteiger partial charge in [0.2, 0.25) is 0 Å². The van der Waals surface area contributed by atoms with Crippen LogP contribution in [-0.2, 0) is 4.79 Å². The normalized spacial score (nSPS) is 12.2. The Balaban J connectivity index is 2.57. The average molecular weight is 254 g/mol.